The molecular formula is C22H28FN5O. The van der Waals surface area contributed by atoms with Crippen LogP contribution in [0.15, 0.2) is 30.3 Å². The van der Waals surface area contributed by atoms with Crippen molar-refractivity contribution in [3.05, 3.63) is 47.7 Å². The number of nitrogens with zero attached hydrogens (tertiary/aromatic N) is 5. The molecule has 0 aliphatic carbocycles. The molecule has 2 fully saturated rings. The molecule has 2 aliphatic rings. The van der Waals surface area contributed by atoms with Crippen LogP contribution in [-0.2, 0) is 0 Å². The van der Waals surface area contributed by atoms with E-state index in [1.807, 2.05) is 30.0 Å². The Morgan fingerprint density at radius 2 is 1.59 bits per heavy atom. The van der Waals surface area contributed by atoms with Crippen LogP contribution >= 0.6 is 0 Å². The minimum Gasteiger partial charge on any atom is -0.368 e. The lowest BCUT2D eigenvalue weighted by atomic mass is 9.99. The highest BCUT2D eigenvalue weighted by molar-refractivity contribution is 5.93. The maximum Gasteiger partial charge on any atom is 0.272 e. The Labute approximate surface area is 171 Å². The number of piperazine rings is 1. The number of halogens is 1. The molecule has 0 saturated carbocycles. The molecule has 2 aromatic rings. The average molecular weight is 397 g/mol. The largest absolute Gasteiger partial charge is 0.368 e. The highest BCUT2D eigenvalue weighted by atomic mass is 19.1. The third kappa shape index (κ3) is 4.49. The summed E-state index contributed by atoms with van der Waals surface area (Å²) in [6.07, 6.45) is 2.10. The second-order valence-corrected chi connectivity index (χ2v) is 8.08. The Morgan fingerprint density at radius 3 is 2.24 bits per heavy atom. The first-order chi connectivity index (χ1) is 14.0. The quantitative estimate of drug-likeness (QED) is 0.797. The van der Waals surface area contributed by atoms with Crippen LogP contribution < -0.4 is 9.80 Å². The molecule has 0 N–H and O–H groups in total. The Bertz CT molecular complexity index is 856. The van der Waals surface area contributed by atoms with Crippen molar-refractivity contribution in [2.24, 2.45) is 5.92 Å². The second-order valence-electron chi connectivity index (χ2n) is 8.08. The van der Waals surface area contributed by atoms with Crippen LogP contribution in [0.3, 0.4) is 0 Å². The number of carbonyl (C=O) groups is 1. The summed E-state index contributed by atoms with van der Waals surface area (Å²) in [6.45, 7) is 8.91. The summed E-state index contributed by atoms with van der Waals surface area (Å²) < 4.78 is 13.2. The molecule has 1 aromatic carbocycles. The number of carbonyl (C=O) groups excluding carboxylic acids is 1. The Kier molecular flexibility index (Phi) is 5.65. The first kappa shape index (κ1) is 19.6. The minimum absolute atomic E-state index is 0.00796. The van der Waals surface area contributed by atoms with Crippen molar-refractivity contribution in [1.82, 2.24) is 14.9 Å². The normalized spacial score (nSPS) is 18.2. The number of likely N-dealkylation sites (tertiary alicyclic amines) is 1. The van der Waals surface area contributed by atoms with Crippen LogP contribution in [-0.4, -0.2) is 60.0 Å². The van der Waals surface area contributed by atoms with Gasteiger partial charge < -0.3 is 14.7 Å². The van der Waals surface area contributed by atoms with Crippen LogP contribution in [0.1, 0.15) is 36.1 Å². The molecule has 0 radical (unpaired) electrons. The van der Waals surface area contributed by atoms with Crippen molar-refractivity contribution >= 4 is 17.4 Å². The van der Waals surface area contributed by atoms with E-state index in [0.29, 0.717) is 17.4 Å². The fourth-order valence-corrected chi connectivity index (χ4v) is 4.04. The van der Waals surface area contributed by atoms with E-state index in [1.54, 1.807) is 0 Å². The van der Waals surface area contributed by atoms with E-state index >= 15 is 0 Å². The van der Waals surface area contributed by atoms with Gasteiger partial charge in [-0.1, -0.05) is 6.92 Å². The molecule has 1 amide bonds. The van der Waals surface area contributed by atoms with Gasteiger partial charge in [0.1, 0.15) is 23.2 Å². The van der Waals surface area contributed by atoms with Gasteiger partial charge in [-0.25, -0.2) is 14.4 Å². The monoisotopic (exact) mass is 397 g/mol. The number of benzene rings is 1. The molecule has 3 heterocycles. The summed E-state index contributed by atoms with van der Waals surface area (Å²) in [7, 11) is 0. The first-order valence-corrected chi connectivity index (χ1v) is 10.4. The average Bonchev–Trinajstić information content (AvgIpc) is 2.74. The van der Waals surface area contributed by atoms with Crippen molar-refractivity contribution in [2.45, 2.75) is 26.7 Å². The van der Waals surface area contributed by atoms with Crippen molar-refractivity contribution in [1.29, 1.82) is 0 Å². The molecule has 2 aliphatic heterocycles. The fraction of sp³-hybridized carbons (Fsp3) is 0.500. The third-order valence-electron chi connectivity index (χ3n) is 5.91. The van der Waals surface area contributed by atoms with E-state index < -0.39 is 0 Å². The van der Waals surface area contributed by atoms with Gasteiger partial charge >= 0.3 is 0 Å². The van der Waals surface area contributed by atoms with Crippen LogP contribution in [0.4, 0.5) is 15.9 Å². The molecule has 4 rings (SSSR count). The summed E-state index contributed by atoms with van der Waals surface area (Å²) >= 11 is 0. The van der Waals surface area contributed by atoms with E-state index in [0.717, 1.165) is 63.6 Å². The van der Waals surface area contributed by atoms with Gasteiger partial charge in [0.05, 0.1) is 0 Å². The van der Waals surface area contributed by atoms with Gasteiger partial charge in [-0.05, 0) is 49.9 Å². The Balaban J connectivity index is 1.44. The van der Waals surface area contributed by atoms with E-state index in [2.05, 4.69) is 26.7 Å². The number of amides is 1. The number of aromatic nitrogens is 2. The molecule has 0 bridgehead atoms. The smallest absolute Gasteiger partial charge is 0.272 e. The van der Waals surface area contributed by atoms with Gasteiger partial charge in [0.15, 0.2) is 0 Å². The number of rotatable bonds is 3. The predicted octanol–water partition coefficient (Wildman–Crippen LogP) is 3.12. The molecule has 7 heteroatoms. The summed E-state index contributed by atoms with van der Waals surface area (Å²) in [5.41, 5.74) is 1.52. The molecule has 6 nitrogen and oxygen atoms in total. The standard InChI is InChI=1S/C22H28FN5O/c1-16-7-9-28(10-8-16)22(29)20-15-21(25-17(2)24-20)27-13-11-26(12-14-27)19-5-3-18(23)4-6-19/h3-6,15-16H,7-14H2,1-2H3. The molecular weight excluding hydrogens is 369 g/mol. The summed E-state index contributed by atoms with van der Waals surface area (Å²) in [5.74, 6) is 1.90. The lowest BCUT2D eigenvalue weighted by Gasteiger charge is -2.37. The topological polar surface area (TPSA) is 52.6 Å². The number of anilines is 2. The molecule has 2 saturated heterocycles. The van der Waals surface area contributed by atoms with Gasteiger partial charge in [-0.15, -0.1) is 0 Å². The molecule has 29 heavy (non-hydrogen) atoms. The lowest BCUT2D eigenvalue weighted by molar-refractivity contribution is 0.0691. The van der Waals surface area contributed by atoms with Crippen molar-refractivity contribution in [3.8, 4) is 0 Å². The minimum atomic E-state index is -0.218. The van der Waals surface area contributed by atoms with Crippen molar-refractivity contribution in [2.75, 3.05) is 49.1 Å². The van der Waals surface area contributed by atoms with Gasteiger partial charge in [0.2, 0.25) is 0 Å². The number of aryl methyl sites for hydroxylation is 1. The molecule has 0 atom stereocenters. The number of hydrogen-bond donors (Lipinski definition) is 0. The highest BCUT2D eigenvalue weighted by Gasteiger charge is 2.25. The maximum atomic E-state index is 13.2. The SMILES string of the molecule is Cc1nc(C(=O)N2CCC(C)CC2)cc(N2CCN(c3ccc(F)cc3)CC2)n1. The zero-order valence-corrected chi connectivity index (χ0v) is 17.1. The van der Waals surface area contributed by atoms with Crippen LogP contribution in [0.2, 0.25) is 0 Å². The van der Waals surface area contributed by atoms with Gasteiger partial charge in [-0.2, -0.15) is 0 Å². The zero-order chi connectivity index (χ0) is 20.4. The van der Waals surface area contributed by atoms with Crippen molar-refractivity contribution in [3.63, 3.8) is 0 Å². The highest BCUT2D eigenvalue weighted by Crippen LogP contribution is 2.22. The van der Waals surface area contributed by atoms with Gasteiger partial charge in [0, 0.05) is 51.0 Å². The zero-order valence-electron chi connectivity index (χ0n) is 17.1. The summed E-state index contributed by atoms with van der Waals surface area (Å²) in [5, 5.41) is 0. The molecule has 1 aromatic heterocycles. The van der Waals surface area contributed by atoms with E-state index in [-0.39, 0.29) is 11.7 Å². The third-order valence-corrected chi connectivity index (χ3v) is 5.91. The maximum absolute atomic E-state index is 13.2. The second kappa shape index (κ2) is 8.35. The lowest BCUT2D eigenvalue weighted by Crippen LogP contribution is -2.47. The van der Waals surface area contributed by atoms with Crippen LogP contribution in [0.25, 0.3) is 0 Å². The Hall–Kier alpha value is -2.70. The van der Waals surface area contributed by atoms with Crippen LogP contribution in [0.5, 0.6) is 0 Å². The number of piperidine rings is 1. The summed E-state index contributed by atoms with van der Waals surface area (Å²) in [6, 6.07) is 8.45. The van der Waals surface area contributed by atoms with Crippen LogP contribution in [0, 0.1) is 18.7 Å². The predicted molar refractivity (Wildman–Crippen MR) is 112 cm³/mol. The number of hydrogen-bond acceptors (Lipinski definition) is 5. The fourth-order valence-electron chi connectivity index (χ4n) is 4.04. The van der Waals surface area contributed by atoms with Gasteiger partial charge in [-0.3, -0.25) is 4.79 Å². The molecule has 0 spiro atoms. The van der Waals surface area contributed by atoms with E-state index in [1.165, 1.54) is 12.1 Å². The van der Waals surface area contributed by atoms with Crippen molar-refractivity contribution < 1.29 is 9.18 Å². The van der Waals surface area contributed by atoms with Gasteiger partial charge in [0.25, 0.3) is 5.91 Å². The van der Waals surface area contributed by atoms with E-state index in [9.17, 15) is 9.18 Å². The molecule has 154 valence electrons. The summed E-state index contributed by atoms with van der Waals surface area (Å²) in [4.78, 5) is 28.3. The molecule has 0 unspecified atom stereocenters. The van der Waals surface area contributed by atoms with E-state index in [4.69, 9.17) is 0 Å². The Morgan fingerprint density at radius 1 is 0.966 bits per heavy atom. The first-order valence-electron chi connectivity index (χ1n) is 10.4.